The summed E-state index contributed by atoms with van der Waals surface area (Å²) in [6.07, 6.45) is 4.48. The van der Waals surface area contributed by atoms with Gasteiger partial charge >= 0.3 is 0 Å². The molecule has 0 saturated heterocycles. The first kappa shape index (κ1) is 21.2. The van der Waals surface area contributed by atoms with E-state index in [2.05, 4.69) is 44.9 Å². The Morgan fingerprint density at radius 3 is 2.30 bits per heavy atom. The second-order valence-corrected chi connectivity index (χ2v) is 8.50. The van der Waals surface area contributed by atoms with E-state index >= 15 is 0 Å². The molecule has 6 nitrogen and oxygen atoms in total. The van der Waals surface area contributed by atoms with Gasteiger partial charge in [0.05, 0.1) is 25.9 Å². The van der Waals surface area contributed by atoms with Crippen LogP contribution in [0.25, 0.3) is 0 Å². The number of pyridine rings is 1. The molecule has 0 amide bonds. The lowest BCUT2D eigenvalue weighted by molar-refractivity contribution is 0.235. The summed E-state index contributed by atoms with van der Waals surface area (Å²) >= 11 is 0. The molecule has 2 aromatic carbocycles. The average Bonchev–Trinajstić information content (AvgIpc) is 3.11. The summed E-state index contributed by atoms with van der Waals surface area (Å²) in [4.78, 5) is 20.1. The molecule has 6 heteroatoms. The third-order valence-corrected chi connectivity index (χ3v) is 6.29. The number of fused-ring (bicyclic) bond motifs is 1. The molecule has 2 aromatic heterocycles. The smallest absolute Gasteiger partial charge is 0.270 e. The first-order chi connectivity index (χ1) is 16.2. The molecule has 33 heavy (non-hydrogen) atoms. The van der Waals surface area contributed by atoms with Gasteiger partial charge in [-0.1, -0.05) is 48.5 Å². The number of aromatic nitrogens is 3. The number of rotatable bonds is 7. The summed E-state index contributed by atoms with van der Waals surface area (Å²) in [5.74, 6) is 0.831. The summed E-state index contributed by atoms with van der Waals surface area (Å²) in [5, 5.41) is 0. The second-order valence-electron chi connectivity index (χ2n) is 8.50. The van der Waals surface area contributed by atoms with E-state index in [0.29, 0.717) is 13.1 Å². The van der Waals surface area contributed by atoms with Gasteiger partial charge in [-0.05, 0) is 41.3 Å². The molecule has 0 saturated carbocycles. The van der Waals surface area contributed by atoms with Crippen molar-refractivity contribution in [3.05, 3.63) is 117 Å². The van der Waals surface area contributed by atoms with Crippen LogP contribution in [0.4, 0.5) is 0 Å². The molecule has 0 unspecified atom stereocenters. The number of hydrogen-bond acceptors (Lipinski definition) is 4. The monoisotopic (exact) mass is 440 g/mol. The van der Waals surface area contributed by atoms with Gasteiger partial charge < -0.3 is 4.74 Å². The Morgan fingerprint density at radius 1 is 0.848 bits per heavy atom. The molecule has 0 fully saturated rings. The zero-order chi connectivity index (χ0) is 22.6. The van der Waals surface area contributed by atoms with Gasteiger partial charge in [0, 0.05) is 37.6 Å². The highest BCUT2D eigenvalue weighted by Gasteiger charge is 2.26. The van der Waals surface area contributed by atoms with Crippen molar-refractivity contribution in [1.82, 2.24) is 19.2 Å². The third kappa shape index (κ3) is 4.61. The minimum Gasteiger partial charge on any atom is -0.497 e. The largest absolute Gasteiger partial charge is 0.497 e. The highest BCUT2D eigenvalue weighted by atomic mass is 16.5. The molecule has 168 valence electrons. The first-order valence-electron chi connectivity index (χ1n) is 11.3. The number of methoxy groups -OCH3 is 1. The Bertz CT molecular complexity index is 1260. The minimum absolute atomic E-state index is 0.128. The Hall–Kier alpha value is -3.64. The Balaban J connectivity index is 1.50. The summed E-state index contributed by atoms with van der Waals surface area (Å²) in [5.41, 5.74) is 5.64. The van der Waals surface area contributed by atoms with Crippen LogP contribution >= 0.6 is 0 Å². The highest BCUT2D eigenvalue weighted by molar-refractivity contribution is 5.29. The van der Waals surface area contributed by atoms with Crippen molar-refractivity contribution in [1.29, 1.82) is 0 Å². The fraction of sp³-hybridized carbons (Fsp3) is 0.259. The molecule has 0 aliphatic carbocycles. The van der Waals surface area contributed by atoms with Crippen molar-refractivity contribution in [3.63, 3.8) is 0 Å². The maximum absolute atomic E-state index is 13.5. The molecule has 1 aliphatic heterocycles. The van der Waals surface area contributed by atoms with Crippen molar-refractivity contribution in [3.8, 4) is 5.75 Å². The van der Waals surface area contributed by atoms with Crippen LogP contribution in [-0.2, 0) is 32.6 Å². The van der Waals surface area contributed by atoms with Crippen LogP contribution in [0.3, 0.4) is 0 Å². The van der Waals surface area contributed by atoms with Gasteiger partial charge in [-0.3, -0.25) is 19.4 Å². The minimum atomic E-state index is 0.128. The molecule has 5 rings (SSSR count). The van der Waals surface area contributed by atoms with Crippen LogP contribution in [0.2, 0.25) is 0 Å². The SMILES string of the molecule is COc1ccc(Cn2c3c(c(=O)n2Cc2ccccc2)CCN(Cc2cccnc2)C3)cc1. The van der Waals surface area contributed by atoms with Crippen LogP contribution < -0.4 is 10.3 Å². The fourth-order valence-corrected chi connectivity index (χ4v) is 4.56. The maximum Gasteiger partial charge on any atom is 0.270 e. The molecule has 0 radical (unpaired) electrons. The van der Waals surface area contributed by atoms with E-state index in [9.17, 15) is 4.79 Å². The van der Waals surface area contributed by atoms with Gasteiger partial charge in [0.1, 0.15) is 5.75 Å². The van der Waals surface area contributed by atoms with E-state index in [-0.39, 0.29) is 5.56 Å². The molecule has 1 aliphatic rings. The van der Waals surface area contributed by atoms with E-state index in [0.717, 1.165) is 54.2 Å². The van der Waals surface area contributed by atoms with Crippen molar-refractivity contribution in [2.24, 2.45) is 0 Å². The molecule has 0 spiro atoms. The summed E-state index contributed by atoms with van der Waals surface area (Å²) in [6, 6.07) is 22.4. The molecular weight excluding hydrogens is 412 g/mol. The lowest BCUT2D eigenvalue weighted by atomic mass is 10.1. The van der Waals surface area contributed by atoms with Gasteiger partial charge in [0.2, 0.25) is 0 Å². The van der Waals surface area contributed by atoms with Gasteiger partial charge in [-0.2, -0.15) is 0 Å². The summed E-state index contributed by atoms with van der Waals surface area (Å²) in [7, 11) is 1.67. The molecule has 0 N–H and O–H groups in total. The normalized spacial score (nSPS) is 13.6. The van der Waals surface area contributed by atoms with E-state index < -0.39 is 0 Å². The van der Waals surface area contributed by atoms with Gasteiger partial charge in [0.25, 0.3) is 5.56 Å². The Morgan fingerprint density at radius 2 is 1.58 bits per heavy atom. The second kappa shape index (κ2) is 9.46. The lowest BCUT2D eigenvalue weighted by Crippen LogP contribution is -2.32. The van der Waals surface area contributed by atoms with Crippen LogP contribution in [0.15, 0.2) is 83.9 Å². The quantitative estimate of drug-likeness (QED) is 0.440. The topological polar surface area (TPSA) is 52.3 Å². The van der Waals surface area contributed by atoms with Crippen LogP contribution in [0.5, 0.6) is 5.75 Å². The van der Waals surface area contributed by atoms with Crippen LogP contribution in [0, 0.1) is 0 Å². The number of hydrogen-bond donors (Lipinski definition) is 0. The molecule has 4 aromatic rings. The van der Waals surface area contributed by atoms with E-state index in [1.54, 1.807) is 13.3 Å². The zero-order valence-electron chi connectivity index (χ0n) is 18.9. The average molecular weight is 441 g/mol. The molecular formula is C27H28N4O2. The standard InChI is InChI=1S/C27H28N4O2/c1-33-24-11-9-22(10-12-24)18-30-26-20-29(17-23-8-5-14-28-16-23)15-13-25(26)27(32)31(30)19-21-6-3-2-4-7-21/h2-12,14,16H,13,15,17-20H2,1H3. The highest BCUT2D eigenvalue weighted by Crippen LogP contribution is 2.22. The van der Waals surface area contributed by atoms with Crippen molar-refractivity contribution < 1.29 is 4.74 Å². The van der Waals surface area contributed by atoms with Gasteiger partial charge in [-0.15, -0.1) is 0 Å². The molecule has 0 atom stereocenters. The van der Waals surface area contributed by atoms with E-state index in [1.165, 1.54) is 5.56 Å². The van der Waals surface area contributed by atoms with Crippen molar-refractivity contribution >= 4 is 0 Å². The van der Waals surface area contributed by atoms with Crippen LogP contribution in [0.1, 0.15) is 27.9 Å². The number of nitrogens with zero attached hydrogens (tertiary/aromatic N) is 4. The zero-order valence-corrected chi connectivity index (χ0v) is 18.9. The Labute approximate surface area is 193 Å². The maximum atomic E-state index is 13.5. The summed E-state index contributed by atoms with van der Waals surface area (Å²) in [6.45, 7) is 3.65. The van der Waals surface area contributed by atoms with Crippen molar-refractivity contribution in [2.45, 2.75) is 32.6 Å². The van der Waals surface area contributed by atoms with E-state index in [1.807, 2.05) is 47.3 Å². The molecule has 0 bridgehead atoms. The number of ether oxygens (including phenoxy) is 1. The van der Waals surface area contributed by atoms with E-state index in [4.69, 9.17) is 4.74 Å². The van der Waals surface area contributed by atoms with Gasteiger partial charge in [-0.25, -0.2) is 4.68 Å². The first-order valence-corrected chi connectivity index (χ1v) is 11.3. The number of benzene rings is 2. The van der Waals surface area contributed by atoms with Gasteiger partial charge in [0.15, 0.2) is 0 Å². The Kier molecular flexibility index (Phi) is 6.09. The predicted octanol–water partition coefficient (Wildman–Crippen LogP) is 3.71. The van der Waals surface area contributed by atoms with Crippen molar-refractivity contribution in [2.75, 3.05) is 13.7 Å². The lowest BCUT2D eigenvalue weighted by Gasteiger charge is -2.27. The summed E-state index contributed by atoms with van der Waals surface area (Å²) < 4.78 is 9.41. The molecule has 3 heterocycles. The fourth-order valence-electron chi connectivity index (χ4n) is 4.56. The third-order valence-electron chi connectivity index (χ3n) is 6.29. The van der Waals surface area contributed by atoms with Crippen LogP contribution in [-0.4, -0.2) is 32.9 Å². The predicted molar refractivity (Wildman–Crippen MR) is 128 cm³/mol.